The van der Waals surface area contributed by atoms with Crippen molar-refractivity contribution in [3.8, 4) is 22.5 Å². The standard InChI is InChI=1S/C24H21F2N5/c1-24(2,3)31(20-12-4-10-18(29-20)16-8-6-14-27-22(16)25)21-13-5-11-19(30-21)17-9-7-15-28-23(17)26/h4-15H,1-3H3. The maximum absolute atomic E-state index is 14.2. The van der Waals surface area contributed by atoms with Gasteiger partial charge in [-0.1, -0.05) is 12.1 Å². The molecule has 0 aliphatic heterocycles. The predicted octanol–water partition coefficient (Wildman–Crippen LogP) is 5.82. The lowest BCUT2D eigenvalue weighted by Crippen LogP contribution is -2.38. The number of hydrogen-bond acceptors (Lipinski definition) is 5. The van der Waals surface area contributed by atoms with E-state index in [-0.39, 0.29) is 0 Å². The summed E-state index contributed by atoms with van der Waals surface area (Å²) in [6.07, 6.45) is 2.80. The summed E-state index contributed by atoms with van der Waals surface area (Å²) in [4.78, 5) is 18.7. The van der Waals surface area contributed by atoms with Crippen LogP contribution in [-0.4, -0.2) is 25.5 Å². The summed E-state index contributed by atoms with van der Waals surface area (Å²) < 4.78 is 28.4. The number of anilines is 2. The highest BCUT2D eigenvalue weighted by molar-refractivity contribution is 5.67. The van der Waals surface area contributed by atoms with Gasteiger partial charge in [-0.15, -0.1) is 0 Å². The van der Waals surface area contributed by atoms with E-state index in [1.165, 1.54) is 12.4 Å². The molecule has 0 unspecified atom stereocenters. The van der Waals surface area contributed by atoms with Crippen LogP contribution in [0.4, 0.5) is 20.4 Å². The smallest absolute Gasteiger partial charge is 0.222 e. The molecule has 31 heavy (non-hydrogen) atoms. The summed E-state index contributed by atoms with van der Waals surface area (Å²) in [5.41, 5.74) is 1.14. The van der Waals surface area contributed by atoms with Crippen LogP contribution in [0.3, 0.4) is 0 Å². The van der Waals surface area contributed by atoms with Crippen molar-refractivity contribution in [2.24, 2.45) is 0 Å². The first-order valence-corrected chi connectivity index (χ1v) is 9.81. The first-order valence-electron chi connectivity index (χ1n) is 9.81. The van der Waals surface area contributed by atoms with Gasteiger partial charge in [-0.2, -0.15) is 8.78 Å². The SMILES string of the molecule is CC(C)(C)N(c1cccc(-c2cccnc2F)n1)c1cccc(-c2cccnc2F)n1. The van der Waals surface area contributed by atoms with Gasteiger partial charge in [0.15, 0.2) is 0 Å². The van der Waals surface area contributed by atoms with Crippen LogP contribution in [0.15, 0.2) is 73.1 Å². The molecule has 0 amide bonds. The van der Waals surface area contributed by atoms with Gasteiger partial charge in [0.1, 0.15) is 11.6 Å². The Labute approximate surface area is 179 Å². The summed E-state index contributed by atoms with van der Waals surface area (Å²) >= 11 is 0. The average Bonchev–Trinajstić information content (AvgIpc) is 2.74. The minimum atomic E-state index is -0.582. The van der Waals surface area contributed by atoms with E-state index in [0.29, 0.717) is 34.2 Å². The summed E-state index contributed by atoms with van der Waals surface area (Å²) in [5.74, 6) is 0.0115. The van der Waals surface area contributed by atoms with Crippen LogP contribution in [0.2, 0.25) is 0 Å². The molecule has 4 aromatic rings. The van der Waals surface area contributed by atoms with Gasteiger partial charge in [-0.3, -0.25) is 0 Å². The summed E-state index contributed by atoms with van der Waals surface area (Å²) in [5, 5.41) is 0. The van der Waals surface area contributed by atoms with Gasteiger partial charge in [0.05, 0.1) is 22.5 Å². The first kappa shape index (κ1) is 20.5. The van der Waals surface area contributed by atoms with Crippen molar-refractivity contribution in [2.45, 2.75) is 26.3 Å². The zero-order chi connectivity index (χ0) is 22.0. The molecule has 0 aliphatic carbocycles. The third-order valence-electron chi connectivity index (χ3n) is 4.67. The fourth-order valence-electron chi connectivity index (χ4n) is 3.35. The average molecular weight is 417 g/mol. The van der Waals surface area contributed by atoms with E-state index in [2.05, 4.69) is 19.9 Å². The summed E-state index contributed by atoms with van der Waals surface area (Å²) in [6, 6.07) is 17.4. The Morgan fingerprint density at radius 1 is 0.645 bits per heavy atom. The molecule has 4 rings (SSSR count). The molecule has 4 heterocycles. The van der Waals surface area contributed by atoms with Crippen LogP contribution in [0.5, 0.6) is 0 Å². The number of hydrogen-bond donors (Lipinski definition) is 0. The molecule has 4 aromatic heterocycles. The van der Waals surface area contributed by atoms with Crippen molar-refractivity contribution in [1.29, 1.82) is 0 Å². The van der Waals surface area contributed by atoms with E-state index in [1.807, 2.05) is 49.9 Å². The molecule has 0 fully saturated rings. The third kappa shape index (κ3) is 4.26. The maximum Gasteiger partial charge on any atom is 0.222 e. The van der Waals surface area contributed by atoms with Gasteiger partial charge < -0.3 is 4.90 Å². The van der Waals surface area contributed by atoms with Crippen molar-refractivity contribution in [2.75, 3.05) is 4.90 Å². The molecule has 0 spiro atoms. The zero-order valence-corrected chi connectivity index (χ0v) is 17.4. The Balaban J connectivity index is 1.82. The van der Waals surface area contributed by atoms with Gasteiger partial charge in [0.2, 0.25) is 11.9 Å². The molecule has 5 nitrogen and oxygen atoms in total. The summed E-state index contributed by atoms with van der Waals surface area (Å²) in [6.45, 7) is 6.06. The second-order valence-electron chi connectivity index (χ2n) is 7.95. The normalized spacial score (nSPS) is 11.4. The van der Waals surface area contributed by atoms with Crippen LogP contribution < -0.4 is 4.90 Å². The Bertz CT molecular complexity index is 1130. The fourth-order valence-corrected chi connectivity index (χ4v) is 3.35. The van der Waals surface area contributed by atoms with E-state index in [4.69, 9.17) is 0 Å². The molecule has 156 valence electrons. The highest BCUT2D eigenvalue weighted by Gasteiger charge is 2.26. The van der Waals surface area contributed by atoms with E-state index in [1.54, 1.807) is 36.4 Å². The van der Waals surface area contributed by atoms with Gasteiger partial charge in [-0.25, -0.2) is 19.9 Å². The number of pyridine rings is 4. The van der Waals surface area contributed by atoms with Gasteiger partial charge in [0, 0.05) is 17.9 Å². The molecular weight excluding hydrogens is 396 g/mol. The van der Waals surface area contributed by atoms with Crippen LogP contribution in [0.1, 0.15) is 20.8 Å². The molecular formula is C24H21F2N5. The monoisotopic (exact) mass is 417 g/mol. The van der Waals surface area contributed by atoms with Crippen molar-refractivity contribution in [3.05, 3.63) is 85.0 Å². The molecule has 0 aromatic carbocycles. The second kappa shape index (κ2) is 8.18. The molecule has 0 N–H and O–H groups in total. The number of rotatable bonds is 4. The zero-order valence-electron chi connectivity index (χ0n) is 17.4. The molecule has 0 saturated heterocycles. The van der Waals surface area contributed by atoms with Crippen LogP contribution in [-0.2, 0) is 0 Å². The Kier molecular flexibility index (Phi) is 5.42. The van der Waals surface area contributed by atoms with E-state index < -0.39 is 17.4 Å². The van der Waals surface area contributed by atoms with Crippen LogP contribution in [0, 0.1) is 11.9 Å². The minimum Gasteiger partial charge on any atom is -0.306 e. The van der Waals surface area contributed by atoms with Crippen molar-refractivity contribution >= 4 is 11.6 Å². The number of nitrogens with zero attached hydrogens (tertiary/aromatic N) is 5. The number of aromatic nitrogens is 4. The Hall–Kier alpha value is -3.74. The predicted molar refractivity (Wildman–Crippen MR) is 117 cm³/mol. The topological polar surface area (TPSA) is 54.8 Å². The Morgan fingerprint density at radius 2 is 1.10 bits per heavy atom. The lowest BCUT2D eigenvalue weighted by molar-refractivity contribution is 0.551. The van der Waals surface area contributed by atoms with Crippen LogP contribution >= 0.6 is 0 Å². The lowest BCUT2D eigenvalue weighted by Gasteiger charge is -2.36. The van der Waals surface area contributed by atoms with Gasteiger partial charge in [0.25, 0.3) is 0 Å². The molecule has 0 atom stereocenters. The largest absolute Gasteiger partial charge is 0.306 e. The highest BCUT2D eigenvalue weighted by atomic mass is 19.1. The quantitative estimate of drug-likeness (QED) is 0.392. The van der Waals surface area contributed by atoms with Gasteiger partial charge >= 0.3 is 0 Å². The first-order chi connectivity index (χ1) is 14.8. The second-order valence-corrected chi connectivity index (χ2v) is 7.95. The minimum absolute atomic E-state index is 0.317. The van der Waals surface area contributed by atoms with E-state index in [0.717, 1.165) is 0 Å². The molecule has 0 bridgehead atoms. The molecule has 0 saturated carbocycles. The van der Waals surface area contributed by atoms with Crippen molar-refractivity contribution in [1.82, 2.24) is 19.9 Å². The van der Waals surface area contributed by atoms with Crippen LogP contribution in [0.25, 0.3) is 22.5 Å². The lowest BCUT2D eigenvalue weighted by atomic mass is 10.1. The number of halogens is 2. The van der Waals surface area contributed by atoms with Crippen molar-refractivity contribution in [3.63, 3.8) is 0 Å². The fraction of sp³-hybridized carbons (Fsp3) is 0.167. The van der Waals surface area contributed by atoms with E-state index >= 15 is 0 Å². The molecule has 7 heteroatoms. The van der Waals surface area contributed by atoms with Gasteiger partial charge in [-0.05, 0) is 69.3 Å². The summed E-state index contributed by atoms with van der Waals surface area (Å²) in [7, 11) is 0. The molecule has 0 aliphatic rings. The maximum atomic E-state index is 14.2. The van der Waals surface area contributed by atoms with Crippen molar-refractivity contribution < 1.29 is 8.78 Å². The third-order valence-corrected chi connectivity index (χ3v) is 4.67. The Morgan fingerprint density at radius 3 is 1.48 bits per heavy atom. The molecule has 0 radical (unpaired) electrons. The highest BCUT2D eigenvalue weighted by Crippen LogP contribution is 2.33. The van der Waals surface area contributed by atoms with E-state index in [9.17, 15) is 8.78 Å².